The first-order valence-corrected chi connectivity index (χ1v) is 2.97. The summed E-state index contributed by atoms with van der Waals surface area (Å²) in [6, 6.07) is 1.32. The average molecular weight is 143 g/mol. The lowest BCUT2D eigenvalue weighted by molar-refractivity contribution is 0.316. The Morgan fingerprint density at radius 3 is 2.70 bits per heavy atom. The number of ether oxygens (including phenoxy) is 1. The van der Waals surface area contributed by atoms with Crippen LogP contribution in [0.3, 0.4) is 0 Å². The lowest BCUT2D eigenvalue weighted by atomic mass is 10.5. The first-order chi connectivity index (χ1) is 4.74. The van der Waals surface area contributed by atoms with Crippen LogP contribution in [0.1, 0.15) is 6.92 Å². The van der Waals surface area contributed by atoms with E-state index >= 15 is 0 Å². The molecule has 0 radical (unpaired) electrons. The molecule has 0 aliphatic rings. The van der Waals surface area contributed by atoms with Crippen molar-refractivity contribution in [2.75, 3.05) is 6.61 Å². The Hall–Kier alpha value is -1.32. The Morgan fingerprint density at radius 1 is 1.60 bits per heavy atom. The van der Waals surface area contributed by atoms with Gasteiger partial charge in [0.15, 0.2) is 11.6 Å². The van der Waals surface area contributed by atoms with Crippen LogP contribution in [0.15, 0.2) is 6.07 Å². The van der Waals surface area contributed by atoms with E-state index in [0.29, 0.717) is 6.61 Å². The summed E-state index contributed by atoms with van der Waals surface area (Å²) in [6.07, 6.45) is 0. The van der Waals surface area contributed by atoms with Crippen LogP contribution < -0.4 is 4.74 Å². The number of hydrogen-bond donors (Lipinski definition) is 3. The molecule has 1 rings (SSSR count). The number of H-pyrrole nitrogens is 1. The molecular weight excluding hydrogens is 134 g/mol. The van der Waals surface area contributed by atoms with E-state index in [1.165, 1.54) is 6.07 Å². The maximum absolute atomic E-state index is 8.92. The monoisotopic (exact) mass is 143 g/mol. The largest absolute Gasteiger partial charge is 0.494 e. The fraction of sp³-hybridized carbons (Fsp3) is 0.333. The highest BCUT2D eigenvalue weighted by molar-refractivity contribution is 5.38. The van der Waals surface area contributed by atoms with Gasteiger partial charge < -0.3 is 14.9 Å². The Bertz CT molecular complexity index is 219. The maximum atomic E-state index is 8.92. The van der Waals surface area contributed by atoms with Gasteiger partial charge in [0.2, 0.25) is 5.88 Å². The molecule has 1 aromatic heterocycles. The third-order valence-electron chi connectivity index (χ3n) is 1.05. The van der Waals surface area contributed by atoms with Crippen molar-refractivity contribution < 1.29 is 14.9 Å². The van der Waals surface area contributed by atoms with E-state index in [1.807, 2.05) is 0 Å². The normalized spacial score (nSPS) is 9.70. The first-order valence-electron chi connectivity index (χ1n) is 2.97. The van der Waals surface area contributed by atoms with E-state index in [4.69, 9.17) is 14.9 Å². The summed E-state index contributed by atoms with van der Waals surface area (Å²) in [5, 5.41) is 17.7. The smallest absolute Gasteiger partial charge is 0.235 e. The van der Waals surface area contributed by atoms with Gasteiger partial charge in [0.1, 0.15) is 0 Å². The molecule has 0 spiro atoms. The molecule has 0 atom stereocenters. The van der Waals surface area contributed by atoms with E-state index < -0.39 is 0 Å². The summed E-state index contributed by atoms with van der Waals surface area (Å²) in [5.74, 6) is 0.0419. The zero-order valence-corrected chi connectivity index (χ0v) is 5.59. The van der Waals surface area contributed by atoms with Gasteiger partial charge in [-0.05, 0) is 6.92 Å². The van der Waals surface area contributed by atoms with Crippen LogP contribution in [-0.2, 0) is 0 Å². The van der Waals surface area contributed by atoms with Crippen molar-refractivity contribution in [1.29, 1.82) is 0 Å². The zero-order chi connectivity index (χ0) is 7.56. The lowest BCUT2D eigenvalue weighted by Gasteiger charge is -1.96. The van der Waals surface area contributed by atoms with Gasteiger partial charge in [0.25, 0.3) is 0 Å². The van der Waals surface area contributed by atoms with Crippen LogP contribution >= 0.6 is 0 Å². The Balaban J connectivity index is 2.81. The third kappa shape index (κ3) is 1.15. The van der Waals surface area contributed by atoms with Crippen LogP contribution in [0.2, 0.25) is 0 Å². The molecule has 0 aliphatic carbocycles. The van der Waals surface area contributed by atoms with E-state index in [-0.39, 0.29) is 17.5 Å². The highest BCUT2D eigenvalue weighted by atomic mass is 16.5. The Morgan fingerprint density at radius 2 is 2.30 bits per heavy atom. The fourth-order valence-electron chi connectivity index (χ4n) is 0.677. The molecule has 1 aromatic rings. The van der Waals surface area contributed by atoms with E-state index in [0.717, 1.165) is 0 Å². The summed E-state index contributed by atoms with van der Waals surface area (Å²) < 4.78 is 4.92. The summed E-state index contributed by atoms with van der Waals surface area (Å²) >= 11 is 0. The quantitative estimate of drug-likeness (QED) is 0.574. The second-order valence-electron chi connectivity index (χ2n) is 1.80. The minimum Gasteiger partial charge on any atom is -0.494 e. The van der Waals surface area contributed by atoms with Crippen molar-refractivity contribution in [3.05, 3.63) is 6.07 Å². The molecule has 4 nitrogen and oxygen atoms in total. The van der Waals surface area contributed by atoms with Crippen molar-refractivity contribution >= 4 is 0 Å². The molecule has 0 saturated heterocycles. The molecule has 3 N–H and O–H groups in total. The molecule has 0 unspecified atom stereocenters. The lowest BCUT2D eigenvalue weighted by Crippen LogP contribution is -1.88. The number of aromatic amines is 1. The van der Waals surface area contributed by atoms with Gasteiger partial charge in [0, 0.05) is 6.07 Å². The van der Waals surface area contributed by atoms with Crippen molar-refractivity contribution in [3.8, 4) is 17.5 Å². The number of aromatic nitrogens is 1. The summed E-state index contributed by atoms with van der Waals surface area (Å²) in [7, 11) is 0. The van der Waals surface area contributed by atoms with Crippen molar-refractivity contribution in [2.45, 2.75) is 6.92 Å². The highest BCUT2D eigenvalue weighted by Gasteiger charge is 2.04. The van der Waals surface area contributed by atoms with Crippen molar-refractivity contribution in [1.82, 2.24) is 4.98 Å². The molecule has 10 heavy (non-hydrogen) atoms. The molecule has 0 bridgehead atoms. The minimum absolute atomic E-state index is 0.0963. The van der Waals surface area contributed by atoms with Gasteiger partial charge in [-0.15, -0.1) is 0 Å². The van der Waals surface area contributed by atoms with Gasteiger partial charge in [-0.25, -0.2) is 0 Å². The molecule has 0 saturated carbocycles. The molecular formula is C6H9NO3. The Labute approximate surface area is 58.1 Å². The van der Waals surface area contributed by atoms with Crippen LogP contribution in [0.25, 0.3) is 0 Å². The predicted octanol–water partition coefficient (Wildman–Crippen LogP) is 0.825. The highest BCUT2D eigenvalue weighted by Crippen LogP contribution is 2.28. The molecule has 0 aliphatic heterocycles. The maximum Gasteiger partial charge on any atom is 0.235 e. The van der Waals surface area contributed by atoms with E-state index in [9.17, 15) is 0 Å². The van der Waals surface area contributed by atoms with Gasteiger partial charge in [-0.3, -0.25) is 4.98 Å². The van der Waals surface area contributed by atoms with E-state index in [2.05, 4.69) is 4.98 Å². The number of rotatable bonds is 2. The third-order valence-corrected chi connectivity index (χ3v) is 1.05. The van der Waals surface area contributed by atoms with Crippen LogP contribution in [0, 0.1) is 0 Å². The molecule has 56 valence electrons. The summed E-state index contributed by atoms with van der Waals surface area (Å²) in [4.78, 5) is 2.28. The summed E-state index contributed by atoms with van der Waals surface area (Å²) in [6.45, 7) is 2.26. The second kappa shape index (κ2) is 2.51. The van der Waals surface area contributed by atoms with Gasteiger partial charge in [0.05, 0.1) is 6.61 Å². The fourth-order valence-corrected chi connectivity index (χ4v) is 0.677. The van der Waals surface area contributed by atoms with Crippen molar-refractivity contribution in [3.63, 3.8) is 0 Å². The number of hydrogen-bond acceptors (Lipinski definition) is 3. The average Bonchev–Trinajstić information content (AvgIpc) is 2.13. The van der Waals surface area contributed by atoms with Crippen LogP contribution in [0.5, 0.6) is 17.5 Å². The molecule has 0 amide bonds. The number of aromatic hydroxyl groups is 2. The molecule has 0 fully saturated rings. The van der Waals surface area contributed by atoms with Crippen LogP contribution in [-0.4, -0.2) is 21.8 Å². The summed E-state index contributed by atoms with van der Waals surface area (Å²) in [5.41, 5.74) is 0. The van der Waals surface area contributed by atoms with E-state index in [1.54, 1.807) is 6.92 Å². The van der Waals surface area contributed by atoms with Crippen molar-refractivity contribution in [2.24, 2.45) is 0 Å². The van der Waals surface area contributed by atoms with Gasteiger partial charge in [-0.1, -0.05) is 0 Å². The SMILES string of the molecule is CCOc1cc(O)[nH]c1O. The zero-order valence-electron chi connectivity index (χ0n) is 5.59. The van der Waals surface area contributed by atoms with Crippen LogP contribution in [0.4, 0.5) is 0 Å². The topological polar surface area (TPSA) is 65.5 Å². The minimum atomic E-state index is -0.139. The van der Waals surface area contributed by atoms with Gasteiger partial charge in [-0.2, -0.15) is 0 Å². The second-order valence-corrected chi connectivity index (χ2v) is 1.80. The Kier molecular flexibility index (Phi) is 1.71. The van der Waals surface area contributed by atoms with Gasteiger partial charge >= 0.3 is 0 Å². The first kappa shape index (κ1) is 6.80. The molecule has 1 heterocycles. The number of nitrogens with one attached hydrogen (secondary N) is 1. The predicted molar refractivity (Wildman–Crippen MR) is 35.3 cm³/mol. The molecule has 4 heteroatoms. The standard InChI is InChI=1S/C6H9NO3/c1-2-10-4-3-5(8)7-6(4)9/h3,7-9H,2H2,1H3. The molecule has 0 aromatic carbocycles.